The highest BCUT2D eigenvalue weighted by Gasteiger charge is 2.31. The summed E-state index contributed by atoms with van der Waals surface area (Å²) in [4.78, 5) is 29.1. The molecule has 2 aromatic rings. The van der Waals surface area contributed by atoms with Crippen molar-refractivity contribution in [3.8, 4) is 6.07 Å². The van der Waals surface area contributed by atoms with Gasteiger partial charge in [-0.3, -0.25) is 9.59 Å². The molecule has 1 unspecified atom stereocenters. The van der Waals surface area contributed by atoms with Crippen LogP contribution in [0.2, 0.25) is 0 Å². The first-order valence-electron chi connectivity index (χ1n) is 7.86. The SMILES string of the molecule is Cc1csc(C(C#N)C(=O)C2=NN(Cc3ccccc3)C(=O)CC2)n1. The average molecular weight is 352 g/mol. The maximum Gasteiger partial charge on any atom is 0.243 e. The Bertz CT molecular complexity index is 867. The molecule has 1 aliphatic heterocycles. The van der Waals surface area contributed by atoms with Crippen molar-refractivity contribution >= 4 is 28.7 Å². The van der Waals surface area contributed by atoms with Crippen LogP contribution in [0.5, 0.6) is 0 Å². The van der Waals surface area contributed by atoms with Gasteiger partial charge in [-0.15, -0.1) is 11.3 Å². The molecule has 1 atom stereocenters. The summed E-state index contributed by atoms with van der Waals surface area (Å²) in [7, 11) is 0. The number of ketones is 1. The van der Waals surface area contributed by atoms with Gasteiger partial charge >= 0.3 is 0 Å². The Morgan fingerprint density at radius 1 is 1.36 bits per heavy atom. The molecule has 6 nitrogen and oxygen atoms in total. The number of hydrogen-bond acceptors (Lipinski definition) is 6. The second-order valence-electron chi connectivity index (χ2n) is 5.74. The largest absolute Gasteiger partial charge is 0.291 e. The molecule has 0 saturated heterocycles. The summed E-state index contributed by atoms with van der Waals surface area (Å²) >= 11 is 1.29. The van der Waals surface area contributed by atoms with Crippen molar-refractivity contribution in [1.29, 1.82) is 5.26 Å². The number of nitrogens with zero attached hydrogens (tertiary/aromatic N) is 4. The van der Waals surface area contributed by atoms with Crippen LogP contribution >= 0.6 is 11.3 Å². The van der Waals surface area contributed by atoms with E-state index in [4.69, 9.17) is 0 Å². The standard InChI is InChI=1S/C18H16N4O2S/c1-12-11-25-18(20-12)14(9-19)17(24)15-7-8-16(23)22(21-15)10-13-5-3-2-4-6-13/h2-6,11,14H,7-8,10H2,1H3. The van der Waals surface area contributed by atoms with Gasteiger partial charge in [0, 0.05) is 23.9 Å². The van der Waals surface area contributed by atoms with E-state index in [1.165, 1.54) is 16.3 Å². The minimum Gasteiger partial charge on any atom is -0.291 e. The molecule has 1 amide bonds. The molecule has 7 heteroatoms. The van der Waals surface area contributed by atoms with Crippen LogP contribution in [-0.4, -0.2) is 27.4 Å². The van der Waals surface area contributed by atoms with Gasteiger partial charge in [0.2, 0.25) is 11.7 Å². The molecule has 25 heavy (non-hydrogen) atoms. The summed E-state index contributed by atoms with van der Waals surface area (Å²) < 4.78 is 0. The number of nitriles is 1. The highest BCUT2D eigenvalue weighted by molar-refractivity contribution is 7.10. The smallest absolute Gasteiger partial charge is 0.243 e. The van der Waals surface area contributed by atoms with Gasteiger partial charge in [0.1, 0.15) is 10.7 Å². The quantitative estimate of drug-likeness (QED) is 0.828. The topological polar surface area (TPSA) is 86.4 Å². The third-order valence-electron chi connectivity index (χ3n) is 3.84. The molecule has 0 bridgehead atoms. The number of hydrazone groups is 1. The van der Waals surface area contributed by atoms with Gasteiger partial charge in [0.25, 0.3) is 0 Å². The Hall–Kier alpha value is -2.85. The van der Waals surface area contributed by atoms with Crippen molar-refractivity contribution in [2.24, 2.45) is 5.10 Å². The molecule has 0 radical (unpaired) electrons. The summed E-state index contributed by atoms with van der Waals surface area (Å²) in [5, 5.41) is 17.2. The van der Waals surface area contributed by atoms with Gasteiger partial charge in [-0.05, 0) is 12.5 Å². The number of rotatable bonds is 5. The highest BCUT2D eigenvalue weighted by atomic mass is 32.1. The third-order valence-corrected chi connectivity index (χ3v) is 4.87. The Labute approximate surface area is 149 Å². The predicted molar refractivity (Wildman–Crippen MR) is 93.9 cm³/mol. The number of carbonyl (C=O) groups excluding carboxylic acids is 2. The van der Waals surface area contributed by atoms with E-state index in [0.29, 0.717) is 11.6 Å². The molecule has 0 aliphatic carbocycles. The first-order valence-corrected chi connectivity index (χ1v) is 8.74. The van der Waals surface area contributed by atoms with Crippen LogP contribution < -0.4 is 0 Å². The summed E-state index contributed by atoms with van der Waals surface area (Å²) in [5.41, 5.74) is 1.97. The van der Waals surface area contributed by atoms with Gasteiger partial charge in [-0.1, -0.05) is 30.3 Å². The Morgan fingerprint density at radius 3 is 2.76 bits per heavy atom. The van der Waals surface area contributed by atoms with Crippen LogP contribution in [-0.2, 0) is 16.1 Å². The van der Waals surface area contributed by atoms with Gasteiger partial charge < -0.3 is 0 Å². The Balaban J connectivity index is 1.82. The number of thiazole rings is 1. The second kappa shape index (κ2) is 7.36. The van der Waals surface area contributed by atoms with E-state index in [0.717, 1.165) is 11.3 Å². The molecule has 3 rings (SSSR count). The highest BCUT2D eigenvalue weighted by Crippen LogP contribution is 2.24. The van der Waals surface area contributed by atoms with E-state index in [2.05, 4.69) is 10.1 Å². The fourth-order valence-corrected chi connectivity index (χ4v) is 3.39. The molecular weight excluding hydrogens is 336 g/mol. The lowest BCUT2D eigenvalue weighted by Gasteiger charge is -2.23. The molecule has 0 N–H and O–H groups in total. The van der Waals surface area contributed by atoms with E-state index < -0.39 is 5.92 Å². The monoisotopic (exact) mass is 352 g/mol. The maximum absolute atomic E-state index is 12.7. The summed E-state index contributed by atoms with van der Waals surface area (Å²) in [5.74, 6) is -1.47. The van der Waals surface area contributed by atoms with Crippen molar-refractivity contribution in [2.45, 2.75) is 32.2 Å². The number of carbonyl (C=O) groups is 2. The van der Waals surface area contributed by atoms with E-state index in [1.54, 1.807) is 5.38 Å². The van der Waals surface area contributed by atoms with Crippen LogP contribution in [0.4, 0.5) is 0 Å². The van der Waals surface area contributed by atoms with E-state index in [9.17, 15) is 14.9 Å². The number of hydrogen-bond donors (Lipinski definition) is 0. The minimum atomic E-state index is -0.968. The molecule has 126 valence electrons. The average Bonchev–Trinajstić information content (AvgIpc) is 3.04. The van der Waals surface area contributed by atoms with Crippen LogP contribution in [0.3, 0.4) is 0 Å². The van der Waals surface area contributed by atoms with Crippen LogP contribution in [0.1, 0.15) is 35.0 Å². The fraction of sp³-hybridized carbons (Fsp3) is 0.278. The normalized spacial score (nSPS) is 15.4. The molecule has 0 spiro atoms. The number of amides is 1. The zero-order chi connectivity index (χ0) is 17.8. The summed E-state index contributed by atoms with van der Waals surface area (Å²) in [6.07, 6.45) is 0.470. The van der Waals surface area contributed by atoms with Gasteiger partial charge in [-0.2, -0.15) is 10.4 Å². The first-order chi connectivity index (χ1) is 12.1. The van der Waals surface area contributed by atoms with E-state index >= 15 is 0 Å². The number of aromatic nitrogens is 1. The minimum absolute atomic E-state index is 0.126. The Kier molecular flexibility index (Phi) is 5.00. The van der Waals surface area contributed by atoms with Crippen LogP contribution in [0.25, 0.3) is 0 Å². The van der Waals surface area contributed by atoms with Gasteiger partial charge in [0.05, 0.1) is 12.6 Å². The van der Waals surface area contributed by atoms with Gasteiger partial charge in [-0.25, -0.2) is 9.99 Å². The summed E-state index contributed by atoms with van der Waals surface area (Å²) in [6, 6.07) is 11.5. The third kappa shape index (κ3) is 3.80. The van der Waals surface area contributed by atoms with Crippen molar-refractivity contribution in [3.05, 3.63) is 52.0 Å². The molecule has 1 aliphatic rings. The molecule has 1 aromatic carbocycles. The maximum atomic E-state index is 12.7. The van der Waals surface area contributed by atoms with Crippen molar-refractivity contribution in [3.63, 3.8) is 0 Å². The predicted octanol–water partition coefficient (Wildman–Crippen LogP) is 2.81. The van der Waals surface area contributed by atoms with Crippen molar-refractivity contribution in [1.82, 2.24) is 9.99 Å². The number of Topliss-reactive ketones (excluding diaryl/α,β-unsaturated/α-hetero) is 1. The second-order valence-corrected chi connectivity index (χ2v) is 6.63. The molecule has 1 aromatic heterocycles. The lowest BCUT2D eigenvalue weighted by Crippen LogP contribution is -2.35. The fourth-order valence-electron chi connectivity index (χ4n) is 2.56. The zero-order valence-corrected chi connectivity index (χ0v) is 14.5. The molecular formula is C18H16N4O2S. The van der Waals surface area contributed by atoms with Gasteiger partial charge in [0.15, 0.2) is 5.92 Å². The Morgan fingerprint density at radius 2 is 2.12 bits per heavy atom. The lowest BCUT2D eigenvalue weighted by atomic mass is 9.98. The van der Waals surface area contributed by atoms with Crippen molar-refractivity contribution < 1.29 is 9.59 Å². The number of benzene rings is 1. The number of aryl methyl sites for hydroxylation is 1. The van der Waals surface area contributed by atoms with E-state index in [-0.39, 0.29) is 30.2 Å². The van der Waals surface area contributed by atoms with Crippen LogP contribution in [0.15, 0.2) is 40.8 Å². The molecule has 0 saturated carbocycles. The molecule has 2 heterocycles. The molecule has 0 fully saturated rings. The zero-order valence-electron chi connectivity index (χ0n) is 13.7. The first kappa shape index (κ1) is 17.0. The van der Waals surface area contributed by atoms with Crippen LogP contribution in [0, 0.1) is 18.3 Å². The van der Waals surface area contributed by atoms with Crippen molar-refractivity contribution in [2.75, 3.05) is 0 Å². The van der Waals surface area contributed by atoms with E-state index in [1.807, 2.05) is 43.3 Å². The lowest BCUT2D eigenvalue weighted by molar-refractivity contribution is -0.132. The summed E-state index contributed by atoms with van der Waals surface area (Å²) in [6.45, 7) is 2.13.